The average Bonchev–Trinajstić information content (AvgIpc) is 2.78. The normalized spacial score (nSPS) is 19.4. The lowest BCUT2D eigenvalue weighted by atomic mass is 9.98. The largest absolute Gasteiger partial charge is 0.370 e. The molecular formula is C16H28N4S. The summed E-state index contributed by atoms with van der Waals surface area (Å²) in [7, 11) is 0. The molecule has 118 valence electrons. The fourth-order valence-electron chi connectivity index (χ4n) is 2.81. The quantitative estimate of drug-likeness (QED) is 0.634. The standard InChI is InChI=1S/C16H28N4S/c1-4-9-17-14-12-15(19-16(18-14)21-3)20-10-6-7-13(5-2)8-11-20/h12-13H,4-11H2,1-3H3,(H,17,18,19). The number of nitrogens with zero attached hydrogens (tertiary/aromatic N) is 3. The zero-order chi connectivity index (χ0) is 15.1. The lowest BCUT2D eigenvalue weighted by Gasteiger charge is -2.22. The molecule has 4 nitrogen and oxygen atoms in total. The van der Waals surface area contributed by atoms with E-state index >= 15 is 0 Å². The Balaban J connectivity index is 2.13. The van der Waals surface area contributed by atoms with Gasteiger partial charge in [0.2, 0.25) is 0 Å². The summed E-state index contributed by atoms with van der Waals surface area (Å²) in [6.45, 7) is 7.68. The number of rotatable bonds is 6. The van der Waals surface area contributed by atoms with Crippen LogP contribution in [0.1, 0.15) is 46.0 Å². The molecule has 0 aliphatic carbocycles. The minimum absolute atomic E-state index is 0.863. The smallest absolute Gasteiger partial charge is 0.191 e. The molecule has 21 heavy (non-hydrogen) atoms. The zero-order valence-electron chi connectivity index (χ0n) is 13.6. The molecule has 0 radical (unpaired) electrons. The first-order chi connectivity index (χ1) is 10.3. The Morgan fingerprint density at radius 2 is 2.14 bits per heavy atom. The van der Waals surface area contributed by atoms with Crippen molar-refractivity contribution in [2.24, 2.45) is 5.92 Å². The maximum Gasteiger partial charge on any atom is 0.191 e. The summed E-state index contributed by atoms with van der Waals surface area (Å²) in [5.74, 6) is 2.93. The topological polar surface area (TPSA) is 41.0 Å². The number of aromatic nitrogens is 2. The van der Waals surface area contributed by atoms with E-state index in [4.69, 9.17) is 4.98 Å². The van der Waals surface area contributed by atoms with Crippen molar-refractivity contribution in [3.63, 3.8) is 0 Å². The molecule has 1 aromatic heterocycles. The van der Waals surface area contributed by atoms with E-state index in [0.29, 0.717) is 0 Å². The molecule has 1 aliphatic heterocycles. The van der Waals surface area contributed by atoms with Crippen molar-refractivity contribution in [3.05, 3.63) is 6.07 Å². The van der Waals surface area contributed by atoms with Gasteiger partial charge < -0.3 is 10.2 Å². The summed E-state index contributed by atoms with van der Waals surface area (Å²) < 4.78 is 0. The average molecular weight is 308 g/mol. The molecule has 0 spiro atoms. The lowest BCUT2D eigenvalue weighted by molar-refractivity contribution is 0.459. The Labute approximate surface area is 133 Å². The van der Waals surface area contributed by atoms with Crippen LogP contribution in [0.15, 0.2) is 11.2 Å². The van der Waals surface area contributed by atoms with Gasteiger partial charge in [0.05, 0.1) is 0 Å². The summed E-state index contributed by atoms with van der Waals surface area (Å²) in [6.07, 6.45) is 8.36. The monoisotopic (exact) mass is 308 g/mol. The van der Waals surface area contributed by atoms with E-state index in [1.807, 2.05) is 6.26 Å². The Hall–Kier alpha value is -0.970. The second-order valence-corrected chi connectivity index (χ2v) is 6.49. The third kappa shape index (κ3) is 4.77. The molecule has 1 fully saturated rings. The van der Waals surface area contributed by atoms with Crippen molar-refractivity contribution in [3.8, 4) is 0 Å². The SMILES string of the molecule is CCCNc1cc(N2CCCC(CC)CC2)nc(SC)n1. The van der Waals surface area contributed by atoms with Gasteiger partial charge in [0.1, 0.15) is 11.6 Å². The zero-order valence-corrected chi connectivity index (χ0v) is 14.4. The predicted octanol–water partition coefficient (Wildman–Crippen LogP) is 4.04. The first-order valence-corrected chi connectivity index (χ1v) is 9.41. The molecule has 1 aliphatic rings. The second-order valence-electron chi connectivity index (χ2n) is 5.72. The summed E-state index contributed by atoms with van der Waals surface area (Å²) in [5, 5.41) is 4.26. The van der Waals surface area contributed by atoms with Gasteiger partial charge in [-0.05, 0) is 37.9 Å². The highest BCUT2D eigenvalue weighted by Gasteiger charge is 2.18. The molecule has 0 amide bonds. The third-order valence-corrected chi connectivity index (χ3v) is 4.73. The summed E-state index contributed by atoms with van der Waals surface area (Å²) in [6, 6.07) is 2.11. The van der Waals surface area contributed by atoms with Crippen LogP contribution in [0.2, 0.25) is 0 Å². The van der Waals surface area contributed by atoms with Gasteiger partial charge in [-0.2, -0.15) is 0 Å². The maximum atomic E-state index is 4.71. The molecule has 1 atom stereocenters. The molecule has 1 saturated heterocycles. The van der Waals surface area contributed by atoms with Crippen molar-refractivity contribution >= 4 is 23.4 Å². The van der Waals surface area contributed by atoms with E-state index in [9.17, 15) is 0 Å². The van der Waals surface area contributed by atoms with Crippen LogP contribution in [0.4, 0.5) is 11.6 Å². The highest BCUT2D eigenvalue weighted by Crippen LogP contribution is 2.26. The van der Waals surface area contributed by atoms with Gasteiger partial charge in [-0.3, -0.25) is 0 Å². The minimum Gasteiger partial charge on any atom is -0.370 e. The van der Waals surface area contributed by atoms with Gasteiger partial charge in [0.15, 0.2) is 5.16 Å². The van der Waals surface area contributed by atoms with Gasteiger partial charge in [-0.1, -0.05) is 32.0 Å². The van der Waals surface area contributed by atoms with Crippen molar-refractivity contribution < 1.29 is 0 Å². The van der Waals surface area contributed by atoms with Crippen LogP contribution in [-0.2, 0) is 0 Å². The van der Waals surface area contributed by atoms with Gasteiger partial charge >= 0.3 is 0 Å². The van der Waals surface area contributed by atoms with Gasteiger partial charge in [0.25, 0.3) is 0 Å². The highest BCUT2D eigenvalue weighted by atomic mass is 32.2. The first-order valence-electron chi connectivity index (χ1n) is 8.18. The van der Waals surface area contributed by atoms with Crippen LogP contribution in [0.25, 0.3) is 0 Å². The Morgan fingerprint density at radius 1 is 1.29 bits per heavy atom. The predicted molar refractivity (Wildman–Crippen MR) is 92.4 cm³/mol. The van der Waals surface area contributed by atoms with Crippen LogP contribution in [0, 0.1) is 5.92 Å². The molecule has 1 N–H and O–H groups in total. The first kappa shape index (κ1) is 16.4. The van der Waals surface area contributed by atoms with Crippen molar-refractivity contribution in [1.29, 1.82) is 0 Å². The van der Waals surface area contributed by atoms with E-state index in [0.717, 1.165) is 48.8 Å². The molecule has 0 aromatic carbocycles. The van der Waals surface area contributed by atoms with Crippen LogP contribution >= 0.6 is 11.8 Å². The Kier molecular flexibility index (Phi) is 6.61. The summed E-state index contributed by atoms with van der Waals surface area (Å²) >= 11 is 1.62. The minimum atomic E-state index is 0.863. The van der Waals surface area contributed by atoms with Gasteiger partial charge in [0, 0.05) is 25.7 Å². The number of hydrogen-bond donors (Lipinski definition) is 1. The number of thioether (sulfide) groups is 1. The molecule has 0 saturated carbocycles. The maximum absolute atomic E-state index is 4.71. The van der Waals surface area contributed by atoms with E-state index in [1.54, 1.807) is 11.8 Å². The number of nitrogens with one attached hydrogen (secondary N) is 1. The van der Waals surface area contributed by atoms with Crippen LogP contribution in [-0.4, -0.2) is 35.9 Å². The number of hydrogen-bond acceptors (Lipinski definition) is 5. The Bertz CT molecular complexity index is 438. The number of anilines is 2. The fourth-order valence-corrected chi connectivity index (χ4v) is 3.19. The van der Waals surface area contributed by atoms with E-state index in [-0.39, 0.29) is 0 Å². The summed E-state index contributed by atoms with van der Waals surface area (Å²) in [4.78, 5) is 11.7. The van der Waals surface area contributed by atoms with E-state index in [2.05, 4.69) is 35.1 Å². The molecule has 1 aromatic rings. The summed E-state index contributed by atoms with van der Waals surface area (Å²) in [5.41, 5.74) is 0. The molecule has 5 heteroatoms. The molecule has 2 heterocycles. The van der Waals surface area contributed by atoms with E-state index < -0.39 is 0 Å². The van der Waals surface area contributed by atoms with Crippen LogP contribution < -0.4 is 10.2 Å². The van der Waals surface area contributed by atoms with Gasteiger partial charge in [-0.25, -0.2) is 9.97 Å². The van der Waals surface area contributed by atoms with Crippen molar-refractivity contribution in [2.75, 3.05) is 36.1 Å². The van der Waals surface area contributed by atoms with Gasteiger partial charge in [-0.15, -0.1) is 0 Å². The molecule has 0 bridgehead atoms. The van der Waals surface area contributed by atoms with Crippen molar-refractivity contribution in [1.82, 2.24) is 9.97 Å². The van der Waals surface area contributed by atoms with Crippen LogP contribution in [0.3, 0.4) is 0 Å². The molecule has 2 rings (SSSR count). The second kappa shape index (κ2) is 8.47. The van der Waals surface area contributed by atoms with E-state index in [1.165, 1.54) is 25.7 Å². The molecule has 1 unspecified atom stereocenters. The highest BCUT2D eigenvalue weighted by molar-refractivity contribution is 7.98. The lowest BCUT2D eigenvalue weighted by Crippen LogP contribution is -2.25. The Morgan fingerprint density at radius 3 is 2.86 bits per heavy atom. The van der Waals surface area contributed by atoms with Crippen LogP contribution in [0.5, 0.6) is 0 Å². The third-order valence-electron chi connectivity index (χ3n) is 4.18. The fraction of sp³-hybridized carbons (Fsp3) is 0.750. The van der Waals surface area contributed by atoms with Crippen molar-refractivity contribution in [2.45, 2.75) is 51.1 Å². The molecular weight excluding hydrogens is 280 g/mol.